The van der Waals surface area contributed by atoms with Crippen molar-refractivity contribution >= 4 is 47.2 Å². The van der Waals surface area contributed by atoms with Crippen LogP contribution >= 0.6 is 23.2 Å². The molecule has 1 heterocycles. The molecule has 1 unspecified atom stereocenters. The average molecular weight is 516 g/mol. The van der Waals surface area contributed by atoms with Gasteiger partial charge in [0.15, 0.2) is 0 Å². The molecule has 2 aromatic carbocycles. The van der Waals surface area contributed by atoms with Crippen LogP contribution in [0.25, 0.3) is 11.3 Å². The Hall–Kier alpha value is -3.62. The van der Waals surface area contributed by atoms with Gasteiger partial charge in [0.2, 0.25) is 0 Å². The number of benzene rings is 2. The van der Waals surface area contributed by atoms with E-state index in [1.165, 1.54) is 31.5 Å². The highest BCUT2D eigenvalue weighted by Crippen LogP contribution is 2.26. The van der Waals surface area contributed by atoms with Gasteiger partial charge in [-0.1, -0.05) is 55.2 Å². The van der Waals surface area contributed by atoms with E-state index in [-0.39, 0.29) is 16.5 Å². The molecule has 0 saturated heterocycles. The maximum Gasteiger partial charge on any atom is 0.338 e. The van der Waals surface area contributed by atoms with Gasteiger partial charge in [-0.05, 0) is 42.3 Å². The highest BCUT2D eigenvalue weighted by atomic mass is 35.5. The minimum atomic E-state index is -0.870. The summed E-state index contributed by atoms with van der Waals surface area (Å²) in [6.45, 7) is 3.57. The highest BCUT2D eigenvalue weighted by molar-refractivity contribution is 6.36. The molecule has 0 fully saturated rings. The number of hydrogen-bond donors (Lipinski definition) is 2. The van der Waals surface area contributed by atoms with Crippen LogP contribution in [-0.2, 0) is 9.53 Å². The van der Waals surface area contributed by atoms with Crippen LogP contribution in [-0.4, -0.2) is 37.1 Å². The summed E-state index contributed by atoms with van der Waals surface area (Å²) < 4.78 is 10.5. The molecule has 2 N–H and O–H groups in total. The van der Waals surface area contributed by atoms with Crippen LogP contribution in [0.5, 0.6) is 0 Å². The normalized spacial score (nSPS) is 11.9. The summed E-state index contributed by atoms with van der Waals surface area (Å²) in [7, 11) is 1.30. The van der Waals surface area contributed by atoms with E-state index in [1.54, 1.807) is 50.2 Å². The number of carbonyl (C=O) groups excluding carboxylic acids is 3. The van der Waals surface area contributed by atoms with Gasteiger partial charge in [0.25, 0.3) is 11.8 Å². The molecule has 10 heteroatoms. The summed E-state index contributed by atoms with van der Waals surface area (Å²) in [5.41, 5.74) is 3.53. The molecule has 8 nitrogen and oxygen atoms in total. The summed E-state index contributed by atoms with van der Waals surface area (Å²) >= 11 is 12.0. The first-order valence-corrected chi connectivity index (χ1v) is 11.3. The Morgan fingerprint density at radius 3 is 2.46 bits per heavy atom. The highest BCUT2D eigenvalue weighted by Gasteiger charge is 2.25. The van der Waals surface area contributed by atoms with Gasteiger partial charge in [0.1, 0.15) is 17.6 Å². The van der Waals surface area contributed by atoms with Crippen molar-refractivity contribution in [3.63, 3.8) is 0 Å². The zero-order valence-electron chi connectivity index (χ0n) is 19.2. The number of methoxy groups -OCH3 is 1. The lowest BCUT2D eigenvalue weighted by atomic mass is 10.0. The second kappa shape index (κ2) is 11.7. The third kappa shape index (κ3) is 6.49. The van der Waals surface area contributed by atoms with Crippen LogP contribution < -0.4 is 10.7 Å². The summed E-state index contributed by atoms with van der Waals surface area (Å²) in [4.78, 5) is 37.3. The largest absolute Gasteiger partial charge is 0.465 e. The molecule has 3 rings (SSSR count). The molecule has 0 aliphatic heterocycles. The maximum absolute atomic E-state index is 12.7. The second-order valence-electron chi connectivity index (χ2n) is 7.79. The summed E-state index contributed by atoms with van der Waals surface area (Å²) in [5, 5.41) is 7.18. The van der Waals surface area contributed by atoms with Crippen molar-refractivity contribution in [2.24, 2.45) is 11.0 Å². The fraction of sp³-hybridized carbons (Fsp3) is 0.200. The van der Waals surface area contributed by atoms with Crippen LogP contribution in [0.2, 0.25) is 10.0 Å². The average Bonchev–Trinajstić information content (AvgIpc) is 3.30. The van der Waals surface area contributed by atoms with Gasteiger partial charge in [-0.25, -0.2) is 10.2 Å². The van der Waals surface area contributed by atoms with Crippen LogP contribution in [0.15, 0.2) is 64.1 Å². The monoisotopic (exact) mass is 515 g/mol. The SMILES string of the molecule is COC(=O)c1ccccc1-c1ccc(C=NNC(=O)C(NC(=O)c2ccc(Cl)cc2Cl)C(C)C)o1. The van der Waals surface area contributed by atoms with Gasteiger partial charge in [0.05, 0.1) is 29.5 Å². The number of furan rings is 1. The van der Waals surface area contributed by atoms with Crippen LogP contribution in [0.4, 0.5) is 0 Å². The lowest BCUT2D eigenvalue weighted by molar-refractivity contribution is -0.123. The lowest BCUT2D eigenvalue weighted by Gasteiger charge is -2.20. The predicted octanol–water partition coefficient (Wildman–Crippen LogP) is 4.94. The molecule has 3 aromatic rings. The number of nitrogens with one attached hydrogen (secondary N) is 2. The minimum Gasteiger partial charge on any atom is -0.465 e. The van der Waals surface area contributed by atoms with Gasteiger partial charge < -0.3 is 14.5 Å². The number of ether oxygens (including phenoxy) is 1. The van der Waals surface area contributed by atoms with E-state index >= 15 is 0 Å². The van der Waals surface area contributed by atoms with Crippen molar-refractivity contribution in [3.05, 3.63) is 81.5 Å². The second-order valence-corrected chi connectivity index (χ2v) is 8.64. The van der Waals surface area contributed by atoms with E-state index in [9.17, 15) is 14.4 Å². The molecule has 182 valence electrons. The number of rotatable bonds is 8. The fourth-order valence-corrected chi connectivity index (χ4v) is 3.70. The Balaban J connectivity index is 1.68. The quantitative estimate of drug-likeness (QED) is 0.250. The van der Waals surface area contributed by atoms with E-state index in [1.807, 2.05) is 0 Å². The van der Waals surface area contributed by atoms with E-state index < -0.39 is 23.8 Å². The van der Waals surface area contributed by atoms with E-state index in [2.05, 4.69) is 15.8 Å². The summed E-state index contributed by atoms with van der Waals surface area (Å²) in [5.74, 6) is -0.961. The van der Waals surface area contributed by atoms with Crippen LogP contribution in [0, 0.1) is 5.92 Å². The lowest BCUT2D eigenvalue weighted by Crippen LogP contribution is -2.48. The molecular weight excluding hydrogens is 493 g/mol. The smallest absolute Gasteiger partial charge is 0.338 e. The molecule has 0 aliphatic rings. The van der Waals surface area contributed by atoms with Crippen LogP contribution in [0.3, 0.4) is 0 Å². The summed E-state index contributed by atoms with van der Waals surface area (Å²) in [6, 6.07) is 13.8. The fourth-order valence-electron chi connectivity index (χ4n) is 3.21. The van der Waals surface area contributed by atoms with Crippen molar-refractivity contribution in [2.75, 3.05) is 7.11 Å². The predicted molar refractivity (Wildman–Crippen MR) is 134 cm³/mol. The van der Waals surface area contributed by atoms with E-state index in [0.29, 0.717) is 27.7 Å². The first kappa shape index (κ1) is 26.0. The van der Waals surface area contributed by atoms with Crippen molar-refractivity contribution in [1.82, 2.24) is 10.7 Å². The molecule has 35 heavy (non-hydrogen) atoms. The first-order valence-electron chi connectivity index (χ1n) is 10.6. The number of halogens is 2. The van der Waals surface area contributed by atoms with Crippen molar-refractivity contribution in [2.45, 2.75) is 19.9 Å². The Morgan fingerprint density at radius 1 is 1.03 bits per heavy atom. The molecule has 1 aromatic heterocycles. The molecule has 0 aliphatic carbocycles. The van der Waals surface area contributed by atoms with Crippen molar-refractivity contribution in [1.29, 1.82) is 0 Å². The third-order valence-electron chi connectivity index (χ3n) is 5.00. The number of hydrazone groups is 1. The Morgan fingerprint density at radius 2 is 1.77 bits per heavy atom. The molecule has 0 radical (unpaired) electrons. The van der Waals surface area contributed by atoms with Gasteiger partial charge in [-0.2, -0.15) is 5.10 Å². The van der Waals surface area contributed by atoms with Gasteiger partial charge in [0, 0.05) is 10.6 Å². The van der Waals surface area contributed by atoms with Gasteiger partial charge in [-0.3, -0.25) is 9.59 Å². The maximum atomic E-state index is 12.7. The number of esters is 1. The van der Waals surface area contributed by atoms with Gasteiger partial charge >= 0.3 is 5.97 Å². The van der Waals surface area contributed by atoms with Crippen molar-refractivity contribution < 1.29 is 23.5 Å². The molecule has 2 amide bonds. The number of hydrogen-bond acceptors (Lipinski definition) is 6. The molecule has 0 bridgehead atoms. The first-order chi connectivity index (χ1) is 16.7. The Kier molecular flexibility index (Phi) is 8.68. The standard InChI is InChI=1S/C25H23Cl2N3O5/c1-14(2)22(29-23(31)19-10-8-15(26)12-20(19)27)24(32)30-28-13-16-9-11-21(35-16)17-6-4-5-7-18(17)25(33)34-3/h4-14,22H,1-3H3,(H,29,31)(H,30,32). The zero-order valence-corrected chi connectivity index (χ0v) is 20.7. The number of amides is 2. The van der Waals surface area contributed by atoms with Gasteiger partial charge in [-0.15, -0.1) is 0 Å². The molecule has 1 atom stereocenters. The number of nitrogens with zero attached hydrogens (tertiary/aromatic N) is 1. The molecule has 0 spiro atoms. The Bertz CT molecular complexity index is 1270. The molecule has 0 saturated carbocycles. The Labute approximate surface area is 212 Å². The van der Waals surface area contributed by atoms with Crippen LogP contribution in [0.1, 0.15) is 40.3 Å². The van der Waals surface area contributed by atoms with E-state index in [0.717, 1.165) is 0 Å². The molecular formula is C25H23Cl2N3O5. The topological polar surface area (TPSA) is 110 Å². The zero-order chi connectivity index (χ0) is 25.5. The van der Waals surface area contributed by atoms with Crippen molar-refractivity contribution in [3.8, 4) is 11.3 Å². The third-order valence-corrected chi connectivity index (χ3v) is 5.55. The summed E-state index contributed by atoms with van der Waals surface area (Å²) in [6.07, 6.45) is 1.32. The van der Waals surface area contributed by atoms with E-state index in [4.69, 9.17) is 32.4 Å². The number of carbonyl (C=O) groups is 3. The minimum absolute atomic E-state index is 0.179.